The van der Waals surface area contributed by atoms with Crippen LogP contribution in [0, 0.1) is 5.92 Å². The van der Waals surface area contributed by atoms with Crippen LogP contribution < -0.4 is 4.74 Å². The summed E-state index contributed by atoms with van der Waals surface area (Å²) < 4.78 is 17.9. The van der Waals surface area contributed by atoms with Gasteiger partial charge in [0.2, 0.25) is 0 Å². The Labute approximate surface area is 159 Å². The highest BCUT2D eigenvalue weighted by Crippen LogP contribution is 2.53. The summed E-state index contributed by atoms with van der Waals surface area (Å²) in [6, 6.07) is 17.7. The summed E-state index contributed by atoms with van der Waals surface area (Å²) in [5.74, 6) is 0.994. The van der Waals surface area contributed by atoms with E-state index in [4.69, 9.17) is 14.2 Å². The van der Waals surface area contributed by atoms with Gasteiger partial charge in [-0.3, -0.25) is 0 Å². The average molecular weight is 364 g/mol. The topological polar surface area (TPSA) is 44.8 Å². The number of benzene rings is 2. The average Bonchev–Trinajstić information content (AvgIpc) is 2.68. The van der Waals surface area contributed by atoms with Crippen LogP contribution in [0.5, 0.6) is 5.75 Å². The maximum atomic E-state index is 13.1. The Hall–Kier alpha value is -2.75. The van der Waals surface area contributed by atoms with Gasteiger partial charge in [-0.2, -0.15) is 0 Å². The van der Waals surface area contributed by atoms with Gasteiger partial charge < -0.3 is 14.2 Å². The van der Waals surface area contributed by atoms with Gasteiger partial charge in [-0.25, -0.2) is 4.79 Å². The van der Waals surface area contributed by atoms with Crippen LogP contribution in [0.15, 0.2) is 60.2 Å². The van der Waals surface area contributed by atoms with Crippen LogP contribution in [-0.4, -0.2) is 24.8 Å². The maximum absolute atomic E-state index is 13.1. The van der Waals surface area contributed by atoms with Crippen LogP contribution >= 0.6 is 0 Å². The van der Waals surface area contributed by atoms with Crippen molar-refractivity contribution in [2.24, 2.45) is 5.92 Å². The molecule has 0 bridgehead atoms. The van der Waals surface area contributed by atoms with E-state index in [0.29, 0.717) is 24.5 Å². The first-order valence-electron chi connectivity index (χ1n) is 9.40. The number of carbonyl (C=O) groups excluding carboxylic acids is 1. The number of esters is 1. The van der Waals surface area contributed by atoms with Crippen molar-refractivity contribution in [1.82, 2.24) is 0 Å². The number of hydrogen-bond donors (Lipinski definition) is 0. The van der Waals surface area contributed by atoms with E-state index in [1.807, 2.05) is 61.5 Å². The lowest BCUT2D eigenvalue weighted by Gasteiger charge is -2.47. The molecular formula is C23H24O4. The molecule has 0 aliphatic carbocycles. The molecule has 4 heteroatoms. The van der Waals surface area contributed by atoms with Gasteiger partial charge in [0.15, 0.2) is 0 Å². The van der Waals surface area contributed by atoms with Crippen molar-refractivity contribution in [2.75, 3.05) is 13.2 Å². The normalized spacial score (nSPS) is 22.8. The molecule has 2 aliphatic heterocycles. The molecule has 140 valence electrons. The fourth-order valence-corrected chi connectivity index (χ4v) is 4.09. The molecule has 0 fully saturated rings. The Morgan fingerprint density at radius 1 is 1.11 bits per heavy atom. The molecule has 2 aromatic carbocycles. The molecule has 0 saturated heterocycles. The Morgan fingerprint density at radius 3 is 2.56 bits per heavy atom. The third-order valence-corrected chi connectivity index (χ3v) is 5.42. The van der Waals surface area contributed by atoms with Gasteiger partial charge >= 0.3 is 5.97 Å². The van der Waals surface area contributed by atoms with Crippen molar-refractivity contribution in [3.8, 4) is 5.75 Å². The zero-order valence-corrected chi connectivity index (χ0v) is 15.9. The van der Waals surface area contributed by atoms with Crippen LogP contribution in [0.3, 0.4) is 0 Å². The molecule has 0 unspecified atom stereocenters. The lowest BCUT2D eigenvalue weighted by molar-refractivity contribution is -0.140. The minimum Gasteiger partial charge on any atom is -0.493 e. The van der Waals surface area contributed by atoms with E-state index < -0.39 is 5.60 Å². The second-order valence-corrected chi connectivity index (χ2v) is 7.47. The Kier molecular flexibility index (Phi) is 4.42. The minimum atomic E-state index is -0.487. The van der Waals surface area contributed by atoms with Gasteiger partial charge in [0.05, 0.1) is 18.8 Å². The van der Waals surface area contributed by atoms with E-state index >= 15 is 0 Å². The summed E-state index contributed by atoms with van der Waals surface area (Å²) in [6.07, 6.45) is 0. The summed E-state index contributed by atoms with van der Waals surface area (Å²) in [4.78, 5) is 13.1. The molecule has 2 aliphatic rings. The quantitative estimate of drug-likeness (QED) is 0.749. The van der Waals surface area contributed by atoms with Crippen molar-refractivity contribution >= 4 is 11.7 Å². The lowest BCUT2D eigenvalue weighted by atomic mass is 9.69. The fraction of sp³-hybridized carbons (Fsp3) is 0.348. The predicted octanol–water partition coefficient (Wildman–Crippen LogP) is 4.56. The van der Waals surface area contributed by atoms with Crippen molar-refractivity contribution in [3.05, 3.63) is 71.3 Å². The fourth-order valence-electron chi connectivity index (χ4n) is 4.09. The summed E-state index contributed by atoms with van der Waals surface area (Å²) in [5.41, 5.74) is 2.00. The molecule has 0 radical (unpaired) electrons. The van der Waals surface area contributed by atoms with Gasteiger partial charge in [-0.15, -0.1) is 0 Å². The second-order valence-electron chi connectivity index (χ2n) is 7.47. The van der Waals surface area contributed by atoms with E-state index in [1.54, 1.807) is 0 Å². The van der Waals surface area contributed by atoms with E-state index in [1.165, 1.54) is 0 Å². The molecule has 2 aromatic rings. The highest BCUT2D eigenvalue weighted by Gasteiger charge is 2.51. The molecule has 0 saturated carbocycles. The molecule has 0 spiro atoms. The van der Waals surface area contributed by atoms with Gasteiger partial charge in [-0.05, 0) is 26.8 Å². The van der Waals surface area contributed by atoms with E-state index in [-0.39, 0.29) is 17.8 Å². The predicted molar refractivity (Wildman–Crippen MR) is 103 cm³/mol. The van der Waals surface area contributed by atoms with Crippen LogP contribution in [0.2, 0.25) is 0 Å². The van der Waals surface area contributed by atoms with Gasteiger partial charge in [0.25, 0.3) is 0 Å². The van der Waals surface area contributed by atoms with Gasteiger partial charge in [0.1, 0.15) is 17.1 Å². The number of fused-ring (bicyclic) bond motifs is 3. The van der Waals surface area contributed by atoms with Crippen LogP contribution in [0.25, 0.3) is 5.76 Å². The molecule has 2 atom stereocenters. The first kappa shape index (κ1) is 17.7. The summed E-state index contributed by atoms with van der Waals surface area (Å²) in [7, 11) is 0. The molecule has 4 rings (SSSR count). The molecular weight excluding hydrogens is 340 g/mol. The molecule has 0 N–H and O–H groups in total. The highest BCUT2D eigenvalue weighted by atomic mass is 16.5. The zero-order valence-electron chi connectivity index (χ0n) is 15.9. The van der Waals surface area contributed by atoms with Crippen molar-refractivity contribution in [1.29, 1.82) is 0 Å². The standard InChI is InChI=1S/C23H24O4/c1-4-25-22(24)20-19-16-12-8-9-13-18(16)26-14-17(19)23(2,3)27-21(20)15-10-6-5-7-11-15/h5-13,17,19H,4,14H2,1-3H3/t17-,19+/m1/s1. The molecule has 0 aromatic heterocycles. The third kappa shape index (κ3) is 2.99. The molecule has 0 amide bonds. The first-order valence-corrected chi connectivity index (χ1v) is 9.40. The Bertz CT molecular complexity index is 882. The first-order chi connectivity index (χ1) is 13.0. The van der Waals surface area contributed by atoms with E-state index in [0.717, 1.165) is 16.9 Å². The Balaban J connectivity index is 1.97. The number of carbonyl (C=O) groups is 1. The molecule has 27 heavy (non-hydrogen) atoms. The van der Waals surface area contributed by atoms with E-state index in [9.17, 15) is 4.79 Å². The number of para-hydroxylation sites is 1. The van der Waals surface area contributed by atoms with Crippen LogP contribution in [0.1, 0.15) is 37.8 Å². The summed E-state index contributed by atoms with van der Waals surface area (Å²) in [6.45, 7) is 6.77. The largest absolute Gasteiger partial charge is 0.493 e. The number of hydrogen-bond acceptors (Lipinski definition) is 4. The SMILES string of the molecule is CCOC(=O)C1=C(c2ccccc2)OC(C)(C)[C@@H]2COc3ccccc3[C@H]12. The summed E-state index contributed by atoms with van der Waals surface area (Å²) in [5, 5.41) is 0. The lowest BCUT2D eigenvalue weighted by Crippen LogP contribution is -2.48. The van der Waals surface area contributed by atoms with Crippen LogP contribution in [0.4, 0.5) is 0 Å². The minimum absolute atomic E-state index is 0.0132. The number of ether oxygens (including phenoxy) is 3. The second kappa shape index (κ2) is 6.76. The summed E-state index contributed by atoms with van der Waals surface area (Å²) >= 11 is 0. The highest BCUT2D eigenvalue weighted by molar-refractivity contribution is 5.98. The van der Waals surface area contributed by atoms with Gasteiger partial charge in [0, 0.05) is 23.0 Å². The van der Waals surface area contributed by atoms with E-state index in [2.05, 4.69) is 13.8 Å². The third-order valence-electron chi connectivity index (χ3n) is 5.42. The zero-order chi connectivity index (χ0) is 19.0. The smallest absolute Gasteiger partial charge is 0.338 e. The van der Waals surface area contributed by atoms with Crippen molar-refractivity contribution < 1.29 is 19.0 Å². The molecule has 4 nitrogen and oxygen atoms in total. The molecule has 2 heterocycles. The number of rotatable bonds is 3. The van der Waals surface area contributed by atoms with Gasteiger partial charge in [-0.1, -0.05) is 48.5 Å². The monoisotopic (exact) mass is 364 g/mol. The maximum Gasteiger partial charge on any atom is 0.338 e. The Morgan fingerprint density at radius 2 is 1.81 bits per heavy atom. The van der Waals surface area contributed by atoms with Crippen molar-refractivity contribution in [2.45, 2.75) is 32.3 Å². The van der Waals surface area contributed by atoms with Crippen LogP contribution in [-0.2, 0) is 14.3 Å². The van der Waals surface area contributed by atoms with Crippen molar-refractivity contribution in [3.63, 3.8) is 0 Å².